The van der Waals surface area contributed by atoms with Crippen molar-refractivity contribution in [3.05, 3.63) is 29.3 Å². The lowest BCUT2D eigenvalue weighted by molar-refractivity contribution is -0.134. The Labute approximate surface area is 168 Å². The summed E-state index contributed by atoms with van der Waals surface area (Å²) in [4.78, 5) is 14.4. The number of hydrogen-bond donors (Lipinski definition) is 1. The Morgan fingerprint density at radius 1 is 1.26 bits per heavy atom. The molecule has 146 valence electrons. The van der Waals surface area contributed by atoms with Crippen LogP contribution >= 0.6 is 23.1 Å². The lowest BCUT2D eigenvalue weighted by atomic mass is 10.0. The van der Waals surface area contributed by atoms with E-state index in [1.807, 2.05) is 11.8 Å². The third-order valence-corrected chi connectivity index (χ3v) is 6.60. The fraction of sp³-hybridized carbons (Fsp3) is 0.526. The van der Waals surface area contributed by atoms with Crippen LogP contribution in [0.3, 0.4) is 0 Å². The Balaban J connectivity index is 1.66. The average molecular weight is 407 g/mol. The Hall–Kier alpha value is -1.64. The van der Waals surface area contributed by atoms with Gasteiger partial charge < -0.3 is 15.0 Å². The predicted octanol–water partition coefficient (Wildman–Crippen LogP) is 3.75. The van der Waals surface area contributed by atoms with Crippen LogP contribution in [-0.4, -0.2) is 52.6 Å². The molecule has 1 N–H and O–H groups in total. The number of aromatic nitrogens is 2. The van der Waals surface area contributed by atoms with E-state index in [1.54, 1.807) is 0 Å². The molecule has 3 rings (SSSR count). The van der Waals surface area contributed by atoms with Crippen molar-refractivity contribution in [3.63, 3.8) is 0 Å². The van der Waals surface area contributed by atoms with Gasteiger partial charge in [-0.1, -0.05) is 55.1 Å². The van der Waals surface area contributed by atoms with Gasteiger partial charge in [-0.25, -0.2) is 0 Å². The highest BCUT2D eigenvalue weighted by Gasteiger charge is 2.24. The van der Waals surface area contributed by atoms with Gasteiger partial charge in [-0.2, -0.15) is 0 Å². The van der Waals surface area contributed by atoms with Crippen LogP contribution in [-0.2, 0) is 22.4 Å². The molecule has 6 nitrogen and oxygen atoms in total. The molecule has 1 aromatic carbocycles. The highest BCUT2D eigenvalue weighted by molar-refractivity contribution is 8.02. The summed E-state index contributed by atoms with van der Waals surface area (Å²) in [5, 5.41) is 12.6. The van der Waals surface area contributed by atoms with E-state index in [4.69, 9.17) is 4.74 Å². The van der Waals surface area contributed by atoms with Crippen LogP contribution < -0.4 is 5.32 Å². The number of rotatable bonds is 7. The third kappa shape index (κ3) is 5.00. The van der Waals surface area contributed by atoms with Crippen LogP contribution in [0.5, 0.6) is 0 Å². The normalized spacial score (nSPS) is 15.6. The van der Waals surface area contributed by atoms with E-state index in [2.05, 4.69) is 47.6 Å². The van der Waals surface area contributed by atoms with Gasteiger partial charge in [-0.3, -0.25) is 4.79 Å². The van der Waals surface area contributed by atoms with Crippen molar-refractivity contribution in [2.45, 2.75) is 43.2 Å². The molecule has 1 atom stereocenters. The molecule has 2 heterocycles. The number of ether oxygens (including phenoxy) is 1. The fourth-order valence-electron chi connectivity index (χ4n) is 3.06. The van der Waals surface area contributed by atoms with Crippen molar-refractivity contribution in [3.8, 4) is 0 Å². The van der Waals surface area contributed by atoms with Crippen molar-refractivity contribution >= 4 is 39.8 Å². The molecule has 0 saturated carbocycles. The van der Waals surface area contributed by atoms with E-state index in [0.717, 1.165) is 28.0 Å². The molecular formula is C19H26N4O2S2. The Bertz CT molecular complexity index is 753. The quantitative estimate of drug-likeness (QED) is 0.707. The summed E-state index contributed by atoms with van der Waals surface area (Å²) in [7, 11) is 0. The Kier molecular flexibility index (Phi) is 7.09. The molecular weight excluding hydrogens is 380 g/mol. The van der Waals surface area contributed by atoms with Crippen molar-refractivity contribution < 1.29 is 9.53 Å². The minimum atomic E-state index is -0.182. The first kappa shape index (κ1) is 20.1. The zero-order valence-electron chi connectivity index (χ0n) is 16.0. The summed E-state index contributed by atoms with van der Waals surface area (Å²) in [6.07, 6.45) is 1.92. The van der Waals surface area contributed by atoms with Crippen molar-refractivity contribution in [1.82, 2.24) is 15.1 Å². The van der Waals surface area contributed by atoms with Crippen LogP contribution in [0.1, 0.15) is 31.9 Å². The molecule has 1 aromatic heterocycles. The zero-order chi connectivity index (χ0) is 19.2. The number of aryl methyl sites for hydroxylation is 2. The van der Waals surface area contributed by atoms with E-state index >= 15 is 0 Å². The number of nitrogens with one attached hydrogen (secondary N) is 1. The Morgan fingerprint density at radius 3 is 2.56 bits per heavy atom. The van der Waals surface area contributed by atoms with Crippen LogP contribution in [0.15, 0.2) is 22.5 Å². The molecule has 1 amide bonds. The second-order valence-corrected chi connectivity index (χ2v) is 8.92. The molecule has 1 aliphatic rings. The Morgan fingerprint density at radius 2 is 1.93 bits per heavy atom. The number of anilines is 2. The molecule has 2 aromatic rings. The van der Waals surface area contributed by atoms with E-state index < -0.39 is 0 Å². The van der Waals surface area contributed by atoms with Crippen LogP contribution in [0.2, 0.25) is 0 Å². The summed E-state index contributed by atoms with van der Waals surface area (Å²) >= 11 is 2.96. The number of morpholine rings is 1. The number of nitrogens with zero attached hydrogens (tertiary/aromatic N) is 3. The summed E-state index contributed by atoms with van der Waals surface area (Å²) in [5.41, 5.74) is 3.68. The SMILES string of the molecule is CCc1cccc(CC)c1Nc1nnc(SC(C)C(=O)N2CCOCC2)s1. The van der Waals surface area contributed by atoms with Gasteiger partial charge in [-0.05, 0) is 30.9 Å². The maximum Gasteiger partial charge on any atom is 0.236 e. The smallest absolute Gasteiger partial charge is 0.236 e. The standard InChI is InChI=1S/C19H26N4O2S2/c1-4-14-7-6-8-15(5-2)16(14)20-18-21-22-19(27-18)26-13(3)17(24)23-9-11-25-12-10-23/h6-8,13H,4-5,9-12H2,1-3H3,(H,20,21). The first-order valence-electron chi connectivity index (χ1n) is 9.36. The molecule has 1 fully saturated rings. The van der Waals surface area contributed by atoms with Gasteiger partial charge in [0.1, 0.15) is 0 Å². The second kappa shape index (κ2) is 9.52. The molecule has 0 bridgehead atoms. The highest BCUT2D eigenvalue weighted by atomic mass is 32.2. The number of para-hydroxylation sites is 1. The monoisotopic (exact) mass is 406 g/mol. The van der Waals surface area contributed by atoms with Gasteiger partial charge in [0.25, 0.3) is 0 Å². The van der Waals surface area contributed by atoms with E-state index in [9.17, 15) is 4.79 Å². The molecule has 1 unspecified atom stereocenters. The van der Waals surface area contributed by atoms with Gasteiger partial charge in [-0.15, -0.1) is 10.2 Å². The van der Waals surface area contributed by atoms with E-state index in [1.165, 1.54) is 34.2 Å². The highest BCUT2D eigenvalue weighted by Crippen LogP contribution is 2.33. The molecule has 1 aliphatic heterocycles. The van der Waals surface area contributed by atoms with Gasteiger partial charge in [0.05, 0.1) is 18.5 Å². The molecule has 0 radical (unpaired) electrons. The van der Waals surface area contributed by atoms with Crippen LogP contribution in [0.4, 0.5) is 10.8 Å². The largest absolute Gasteiger partial charge is 0.378 e. The third-order valence-electron chi connectivity index (χ3n) is 4.59. The average Bonchev–Trinajstić information content (AvgIpc) is 3.15. The number of thioether (sulfide) groups is 1. The second-order valence-electron chi connectivity index (χ2n) is 6.35. The van der Waals surface area contributed by atoms with Gasteiger partial charge in [0.15, 0.2) is 4.34 Å². The lowest BCUT2D eigenvalue weighted by Gasteiger charge is -2.28. The minimum absolute atomic E-state index is 0.137. The molecule has 0 spiro atoms. The summed E-state index contributed by atoms with van der Waals surface area (Å²) in [5.74, 6) is 0.137. The lowest BCUT2D eigenvalue weighted by Crippen LogP contribution is -2.44. The zero-order valence-corrected chi connectivity index (χ0v) is 17.7. The van der Waals surface area contributed by atoms with E-state index in [0.29, 0.717) is 26.3 Å². The first-order chi connectivity index (χ1) is 13.1. The number of carbonyl (C=O) groups is 1. The summed E-state index contributed by atoms with van der Waals surface area (Å²) in [6.45, 7) is 8.80. The van der Waals surface area contributed by atoms with Crippen LogP contribution in [0.25, 0.3) is 0 Å². The topological polar surface area (TPSA) is 67.4 Å². The minimum Gasteiger partial charge on any atom is -0.378 e. The van der Waals surface area contributed by atoms with E-state index in [-0.39, 0.29) is 11.2 Å². The van der Waals surface area contributed by atoms with Gasteiger partial charge in [0.2, 0.25) is 11.0 Å². The van der Waals surface area contributed by atoms with Gasteiger partial charge >= 0.3 is 0 Å². The van der Waals surface area contributed by atoms with Crippen molar-refractivity contribution in [2.24, 2.45) is 0 Å². The van der Waals surface area contributed by atoms with Crippen molar-refractivity contribution in [2.75, 3.05) is 31.6 Å². The molecule has 0 aliphatic carbocycles. The maximum absolute atomic E-state index is 12.6. The maximum atomic E-state index is 12.6. The predicted molar refractivity (Wildman–Crippen MR) is 111 cm³/mol. The number of hydrogen-bond acceptors (Lipinski definition) is 7. The first-order valence-corrected chi connectivity index (χ1v) is 11.1. The number of benzene rings is 1. The number of carbonyl (C=O) groups excluding carboxylic acids is 1. The molecule has 27 heavy (non-hydrogen) atoms. The fourth-order valence-corrected chi connectivity index (χ4v) is 5.04. The van der Waals surface area contributed by atoms with Crippen molar-refractivity contribution in [1.29, 1.82) is 0 Å². The molecule has 8 heteroatoms. The summed E-state index contributed by atoms with van der Waals surface area (Å²) in [6, 6.07) is 6.38. The van der Waals surface area contributed by atoms with Crippen LogP contribution in [0, 0.1) is 0 Å². The summed E-state index contributed by atoms with van der Waals surface area (Å²) < 4.78 is 6.12. The number of amides is 1. The molecule has 1 saturated heterocycles. The van der Waals surface area contributed by atoms with Gasteiger partial charge in [0, 0.05) is 18.8 Å².